The van der Waals surface area contributed by atoms with Crippen LogP contribution in [0.15, 0.2) is 53.1 Å². The maximum atomic E-state index is 4.35. The van der Waals surface area contributed by atoms with Gasteiger partial charge in [-0.05, 0) is 70.7 Å². The highest BCUT2D eigenvalue weighted by molar-refractivity contribution is 9.10. The van der Waals surface area contributed by atoms with Gasteiger partial charge >= 0.3 is 0 Å². The number of aryl methyl sites for hydroxylation is 2. The quantitative estimate of drug-likeness (QED) is 0.706. The van der Waals surface area contributed by atoms with Crippen molar-refractivity contribution in [2.75, 3.05) is 5.32 Å². The number of benzene rings is 2. The molecule has 21 heavy (non-hydrogen) atoms. The number of nitrogens with one attached hydrogen (secondary N) is 1. The van der Waals surface area contributed by atoms with Crippen LogP contribution in [0.25, 0.3) is 10.9 Å². The van der Waals surface area contributed by atoms with Crippen LogP contribution in [0.3, 0.4) is 0 Å². The Bertz CT molecular complexity index is 773. The van der Waals surface area contributed by atoms with E-state index in [1.807, 2.05) is 12.3 Å². The highest BCUT2D eigenvalue weighted by Gasteiger charge is 2.05. The SMILES string of the molecule is Cc1cc(C)c(NCc2ccc3ncccc3c2)c(Br)c1. The zero-order chi connectivity index (χ0) is 14.8. The van der Waals surface area contributed by atoms with Gasteiger partial charge in [-0.1, -0.05) is 18.2 Å². The monoisotopic (exact) mass is 340 g/mol. The van der Waals surface area contributed by atoms with E-state index in [2.05, 4.69) is 76.5 Å². The Morgan fingerprint density at radius 2 is 1.95 bits per heavy atom. The number of pyridine rings is 1. The van der Waals surface area contributed by atoms with Crippen LogP contribution in [0.4, 0.5) is 5.69 Å². The third-order valence-corrected chi connectivity index (χ3v) is 4.19. The third-order valence-electron chi connectivity index (χ3n) is 3.57. The summed E-state index contributed by atoms with van der Waals surface area (Å²) in [5.41, 5.74) is 5.97. The van der Waals surface area contributed by atoms with Crippen molar-refractivity contribution in [1.82, 2.24) is 4.98 Å². The van der Waals surface area contributed by atoms with Crippen molar-refractivity contribution in [2.24, 2.45) is 0 Å². The predicted octanol–water partition coefficient (Wildman–Crippen LogP) is 5.23. The maximum absolute atomic E-state index is 4.35. The Morgan fingerprint density at radius 1 is 1.10 bits per heavy atom. The van der Waals surface area contributed by atoms with Crippen LogP contribution < -0.4 is 5.32 Å². The molecule has 0 atom stereocenters. The molecule has 1 aromatic heterocycles. The van der Waals surface area contributed by atoms with Crippen molar-refractivity contribution >= 4 is 32.5 Å². The molecule has 3 rings (SSSR count). The number of halogens is 1. The van der Waals surface area contributed by atoms with Crippen LogP contribution in [0.1, 0.15) is 16.7 Å². The largest absolute Gasteiger partial charge is 0.380 e. The second kappa shape index (κ2) is 5.86. The standard InChI is InChI=1S/C18H17BrN2/c1-12-8-13(2)18(16(19)9-12)21-11-14-5-6-17-15(10-14)4-3-7-20-17/h3-10,21H,11H2,1-2H3. The zero-order valence-electron chi connectivity index (χ0n) is 12.2. The summed E-state index contributed by atoms with van der Waals surface area (Å²) in [6.45, 7) is 5.04. The van der Waals surface area contributed by atoms with E-state index in [1.165, 1.54) is 22.1 Å². The van der Waals surface area contributed by atoms with Gasteiger partial charge in [0.15, 0.2) is 0 Å². The van der Waals surface area contributed by atoms with Crippen LogP contribution in [0, 0.1) is 13.8 Å². The first-order valence-electron chi connectivity index (χ1n) is 6.98. The minimum atomic E-state index is 0.799. The van der Waals surface area contributed by atoms with E-state index in [0.29, 0.717) is 0 Å². The molecule has 0 aliphatic carbocycles. The van der Waals surface area contributed by atoms with E-state index in [9.17, 15) is 0 Å². The Hall–Kier alpha value is -1.87. The summed E-state index contributed by atoms with van der Waals surface area (Å²) in [4.78, 5) is 4.35. The van der Waals surface area contributed by atoms with Crippen molar-refractivity contribution in [3.8, 4) is 0 Å². The van der Waals surface area contributed by atoms with Gasteiger partial charge in [0.05, 0.1) is 11.2 Å². The Balaban J connectivity index is 1.83. The minimum absolute atomic E-state index is 0.799. The van der Waals surface area contributed by atoms with Crippen molar-refractivity contribution in [3.05, 3.63) is 69.8 Å². The molecule has 106 valence electrons. The molecule has 0 amide bonds. The molecule has 0 fully saturated rings. The van der Waals surface area contributed by atoms with Gasteiger partial charge in [0.25, 0.3) is 0 Å². The minimum Gasteiger partial charge on any atom is -0.380 e. The van der Waals surface area contributed by atoms with E-state index >= 15 is 0 Å². The number of anilines is 1. The van der Waals surface area contributed by atoms with Crippen LogP contribution in [0.5, 0.6) is 0 Å². The summed E-state index contributed by atoms with van der Waals surface area (Å²) in [5.74, 6) is 0. The van der Waals surface area contributed by atoms with Gasteiger partial charge in [0.2, 0.25) is 0 Å². The molecule has 0 aliphatic rings. The van der Waals surface area contributed by atoms with Crippen molar-refractivity contribution in [1.29, 1.82) is 0 Å². The molecule has 3 aromatic rings. The first-order valence-corrected chi connectivity index (χ1v) is 7.77. The maximum Gasteiger partial charge on any atom is 0.0702 e. The topological polar surface area (TPSA) is 24.9 Å². The number of hydrogen-bond acceptors (Lipinski definition) is 2. The first-order chi connectivity index (χ1) is 10.1. The number of aromatic nitrogens is 1. The lowest BCUT2D eigenvalue weighted by Gasteiger charge is -2.13. The first kappa shape index (κ1) is 14.1. The molecule has 0 aliphatic heterocycles. The molecule has 2 aromatic carbocycles. The number of rotatable bonds is 3. The molecule has 2 nitrogen and oxygen atoms in total. The fraction of sp³-hybridized carbons (Fsp3) is 0.167. The molecule has 0 spiro atoms. The Labute approximate surface area is 133 Å². The lowest BCUT2D eigenvalue weighted by molar-refractivity contribution is 1.14. The summed E-state index contributed by atoms with van der Waals surface area (Å²) in [6.07, 6.45) is 1.83. The van der Waals surface area contributed by atoms with E-state index in [0.717, 1.165) is 22.2 Å². The van der Waals surface area contributed by atoms with E-state index in [-0.39, 0.29) is 0 Å². The number of fused-ring (bicyclic) bond motifs is 1. The number of nitrogens with zero attached hydrogens (tertiary/aromatic N) is 1. The molecule has 0 unspecified atom stereocenters. The molecule has 1 N–H and O–H groups in total. The average molecular weight is 341 g/mol. The van der Waals surface area contributed by atoms with Gasteiger partial charge in [-0.15, -0.1) is 0 Å². The molecule has 0 radical (unpaired) electrons. The van der Waals surface area contributed by atoms with Gasteiger partial charge in [0, 0.05) is 22.6 Å². The van der Waals surface area contributed by atoms with E-state index in [1.54, 1.807) is 0 Å². The lowest BCUT2D eigenvalue weighted by Crippen LogP contribution is -2.02. The van der Waals surface area contributed by atoms with E-state index < -0.39 is 0 Å². The van der Waals surface area contributed by atoms with Crippen molar-refractivity contribution in [2.45, 2.75) is 20.4 Å². The molecular weight excluding hydrogens is 324 g/mol. The fourth-order valence-corrected chi connectivity index (χ4v) is 3.38. The summed E-state index contributed by atoms with van der Waals surface area (Å²) in [5, 5.41) is 4.70. The average Bonchev–Trinajstić information content (AvgIpc) is 2.46. The summed E-state index contributed by atoms with van der Waals surface area (Å²) in [7, 11) is 0. The van der Waals surface area contributed by atoms with Crippen LogP contribution in [-0.2, 0) is 6.54 Å². The van der Waals surface area contributed by atoms with Gasteiger partial charge in [-0.25, -0.2) is 0 Å². The van der Waals surface area contributed by atoms with Crippen molar-refractivity contribution < 1.29 is 0 Å². The molecule has 0 saturated carbocycles. The Kier molecular flexibility index (Phi) is 3.93. The zero-order valence-corrected chi connectivity index (χ0v) is 13.7. The second-order valence-corrected chi connectivity index (χ2v) is 6.18. The van der Waals surface area contributed by atoms with Crippen LogP contribution in [-0.4, -0.2) is 4.98 Å². The molecule has 1 heterocycles. The van der Waals surface area contributed by atoms with Crippen molar-refractivity contribution in [3.63, 3.8) is 0 Å². The second-order valence-electron chi connectivity index (χ2n) is 5.32. The van der Waals surface area contributed by atoms with Crippen LogP contribution >= 0.6 is 15.9 Å². The molecule has 3 heteroatoms. The summed E-state index contributed by atoms with van der Waals surface area (Å²) >= 11 is 3.64. The van der Waals surface area contributed by atoms with Gasteiger partial charge in [-0.2, -0.15) is 0 Å². The molecule has 0 bridgehead atoms. The highest BCUT2D eigenvalue weighted by Crippen LogP contribution is 2.28. The third kappa shape index (κ3) is 3.08. The Morgan fingerprint density at radius 3 is 2.76 bits per heavy atom. The van der Waals surface area contributed by atoms with Crippen LogP contribution in [0.2, 0.25) is 0 Å². The summed E-state index contributed by atoms with van der Waals surface area (Å²) < 4.78 is 1.11. The molecular formula is C18H17BrN2. The number of hydrogen-bond donors (Lipinski definition) is 1. The predicted molar refractivity (Wildman–Crippen MR) is 92.7 cm³/mol. The van der Waals surface area contributed by atoms with Gasteiger partial charge < -0.3 is 5.32 Å². The highest BCUT2D eigenvalue weighted by atomic mass is 79.9. The van der Waals surface area contributed by atoms with Gasteiger partial charge in [0.1, 0.15) is 0 Å². The smallest absolute Gasteiger partial charge is 0.0702 e. The van der Waals surface area contributed by atoms with Gasteiger partial charge in [-0.3, -0.25) is 4.98 Å². The molecule has 0 saturated heterocycles. The van der Waals surface area contributed by atoms with E-state index in [4.69, 9.17) is 0 Å². The fourth-order valence-electron chi connectivity index (χ4n) is 2.57. The lowest BCUT2D eigenvalue weighted by atomic mass is 10.1. The normalized spacial score (nSPS) is 10.8. The summed E-state index contributed by atoms with van der Waals surface area (Å²) in [6, 6.07) is 14.8.